The van der Waals surface area contributed by atoms with Gasteiger partial charge in [-0.3, -0.25) is 0 Å². The summed E-state index contributed by atoms with van der Waals surface area (Å²) < 4.78 is 24.2. The minimum Gasteiger partial charge on any atom is -0.467 e. The molecule has 40 heavy (non-hydrogen) atoms. The molecule has 5 nitrogen and oxygen atoms in total. The molecule has 3 rings (SSSR count). The van der Waals surface area contributed by atoms with Gasteiger partial charge in [0.05, 0.1) is 25.0 Å². The maximum atomic E-state index is 14.7. The van der Waals surface area contributed by atoms with E-state index in [1.807, 2.05) is 30.3 Å². The van der Waals surface area contributed by atoms with Crippen molar-refractivity contribution in [3.05, 3.63) is 106 Å². The van der Waals surface area contributed by atoms with Crippen LogP contribution in [0.5, 0.6) is 0 Å². The molecule has 0 aromatic heterocycles. The number of aliphatic hydroxyl groups is 1. The third-order valence-corrected chi connectivity index (χ3v) is 8.34. The molecule has 3 aromatic rings. The number of aryl methyl sites for hydroxylation is 2. The van der Waals surface area contributed by atoms with Gasteiger partial charge in [0.2, 0.25) is 0 Å². The van der Waals surface area contributed by atoms with E-state index >= 15 is 0 Å². The summed E-state index contributed by atoms with van der Waals surface area (Å²) in [6, 6.07) is 22.5. The Morgan fingerprint density at radius 3 is 2.12 bits per heavy atom. The molecule has 3 aromatic carbocycles. The first-order chi connectivity index (χ1) is 19.4. The van der Waals surface area contributed by atoms with Crippen molar-refractivity contribution in [3.8, 4) is 0 Å². The summed E-state index contributed by atoms with van der Waals surface area (Å²) in [7, 11) is 2.48. The van der Waals surface area contributed by atoms with Gasteiger partial charge in [-0.1, -0.05) is 86.3 Å². The normalized spacial score (nSPS) is 12.5. The highest BCUT2D eigenvalue weighted by molar-refractivity contribution is 7.98. The van der Waals surface area contributed by atoms with Crippen LogP contribution in [0.15, 0.2) is 72.8 Å². The summed E-state index contributed by atoms with van der Waals surface area (Å²) in [6.45, 7) is 0. The summed E-state index contributed by atoms with van der Waals surface area (Å²) in [4.78, 5) is 24.0. The first kappa shape index (κ1) is 31.4. The SMILES string of the molecule is COC(=O)c1ccc(CSC(c2ccccc2CCCCCCCCc2ccccc2)C(O)C(=O)OC)c(F)c1. The Labute approximate surface area is 241 Å². The van der Waals surface area contributed by atoms with Gasteiger partial charge >= 0.3 is 11.9 Å². The number of halogens is 1. The van der Waals surface area contributed by atoms with Gasteiger partial charge in [-0.25, -0.2) is 14.0 Å². The average molecular weight is 567 g/mol. The van der Waals surface area contributed by atoms with E-state index in [1.54, 1.807) is 0 Å². The van der Waals surface area contributed by atoms with Gasteiger partial charge in [-0.15, -0.1) is 11.8 Å². The molecule has 0 bridgehead atoms. The Bertz CT molecular complexity index is 1220. The molecule has 0 fully saturated rings. The number of benzene rings is 3. The number of carbonyl (C=O) groups is 2. The highest BCUT2D eigenvalue weighted by Gasteiger charge is 2.30. The van der Waals surface area contributed by atoms with Crippen molar-refractivity contribution in [1.29, 1.82) is 0 Å². The van der Waals surface area contributed by atoms with Crippen LogP contribution >= 0.6 is 11.8 Å². The van der Waals surface area contributed by atoms with Gasteiger partial charge in [0.25, 0.3) is 0 Å². The van der Waals surface area contributed by atoms with Crippen molar-refractivity contribution >= 4 is 23.7 Å². The molecule has 214 valence electrons. The number of carbonyl (C=O) groups excluding carboxylic acids is 2. The van der Waals surface area contributed by atoms with E-state index in [1.165, 1.54) is 69.4 Å². The molecule has 7 heteroatoms. The third-order valence-electron chi connectivity index (χ3n) is 6.99. The minimum absolute atomic E-state index is 0.126. The number of ether oxygens (including phenoxy) is 2. The fraction of sp³-hybridized carbons (Fsp3) is 0.394. The van der Waals surface area contributed by atoms with E-state index in [9.17, 15) is 19.1 Å². The fourth-order valence-corrected chi connectivity index (χ4v) is 6.02. The van der Waals surface area contributed by atoms with Crippen molar-refractivity contribution in [1.82, 2.24) is 0 Å². The Morgan fingerprint density at radius 2 is 1.45 bits per heavy atom. The van der Waals surface area contributed by atoms with Crippen LogP contribution in [0, 0.1) is 5.82 Å². The van der Waals surface area contributed by atoms with Crippen molar-refractivity contribution in [2.45, 2.75) is 68.5 Å². The molecule has 2 unspecified atom stereocenters. The maximum Gasteiger partial charge on any atom is 0.337 e. The maximum absolute atomic E-state index is 14.7. The smallest absolute Gasteiger partial charge is 0.337 e. The number of hydrogen-bond donors (Lipinski definition) is 1. The van der Waals surface area contributed by atoms with E-state index in [-0.39, 0.29) is 11.3 Å². The van der Waals surface area contributed by atoms with E-state index < -0.39 is 29.1 Å². The number of methoxy groups -OCH3 is 2. The highest BCUT2D eigenvalue weighted by Crippen LogP contribution is 2.38. The van der Waals surface area contributed by atoms with Crippen molar-refractivity contribution in [2.24, 2.45) is 0 Å². The standard InChI is InChI=1S/C33H39FO5S/c1-38-32(36)26-20-21-27(29(34)22-26)23-40-31(30(35)33(37)39-2)28-19-13-12-18-25(28)17-11-6-4-3-5-8-14-24-15-9-7-10-16-24/h7,9-10,12-13,15-16,18-22,30-31,35H,3-6,8,11,14,17,23H2,1-2H3. The van der Waals surface area contributed by atoms with Crippen LogP contribution in [0.3, 0.4) is 0 Å². The quantitative estimate of drug-likeness (QED) is 0.145. The topological polar surface area (TPSA) is 72.8 Å². The number of aliphatic hydroxyl groups excluding tert-OH is 1. The molecule has 0 radical (unpaired) electrons. The van der Waals surface area contributed by atoms with Crippen molar-refractivity contribution in [2.75, 3.05) is 14.2 Å². The molecule has 0 spiro atoms. The predicted molar refractivity (Wildman–Crippen MR) is 158 cm³/mol. The van der Waals surface area contributed by atoms with Crippen LogP contribution in [-0.2, 0) is 32.9 Å². The van der Waals surface area contributed by atoms with Crippen molar-refractivity contribution < 1.29 is 28.6 Å². The Kier molecular flexibility index (Phi) is 13.2. The van der Waals surface area contributed by atoms with Gasteiger partial charge in [-0.2, -0.15) is 0 Å². The van der Waals surface area contributed by atoms with E-state index in [4.69, 9.17) is 4.74 Å². The summed E-state index contributed by atoms with van der Waals surface area (Å²) in [5, 5.41) is 10.2. The number of unbranched alkanes of at least 4 members (excludes halogenated alkanes) is 5. The largest absolute Gasteiger partial charge is 0.467 e. The second kappa shape index (κ2) is 16.8. The Morgan fingerprint density at radius 1 is 0.800 bits per heavy atom. The summed E-state index contributed by atoms with van der Waals surface area (Å²) in [5.41, 5.74) is 3.79. The van der Waals surface area contributed by atoms with Gasteiger partial charge in [0, 0.05) is 5.75 Å². The van der Waals surface area contributed by atoms with Crippen LogP contribution in [0.1, 0.15) is 76.4 Å². The van der Waals surface area contributed by atoms with E-state index in [0.717, 1.165) is 42.9 Å². The van der Waals surface area contributed by atoms with Gasteiger partial charge in [0.1, 0.15) is 5.82 Å². The Balaban J connectivity index is 1.58. The summed E-state index contributed by atoms with van der Waals surface area (Å²) >= 11 is 1.27. The lowest BCUT2D eigenvalue weighted by molar-refractivity contribution is -0.150. The molecule has 1 N–H and O–H groups in total. The van der Waals surface area contributed by atoms with Crippen molar-refractivity contribution in [3.63, 3.8) is 0 Å². The zero-order valence-corrected chi connectivity index (χ0v) is 24.1. The fourth-order valence-electron chi connectivity index (χ4n) is 4.72. The zero-order chi connectivity index (χ0) is 28.7. The lowest BCUT2D eigenvalue weighted by Crippen LogP contribution is -2.28. The van der Waals surface area contributed by atoms with E-state index in [2.05, 4.69) is 29.0 Å². The number of esters is 2. The van der Waals surface area contributed by atoms with Gasteiger partial charge < -0.3 is 14.6 Å². The molecule has 2 atom stereocenters. The zero-order valence-electron chi connectivity index (χ0n) is 23.3. The van der Waals surface area contributed by atoms with Crippen LogP contribution in [-0.4, -0.2) is 37.4 Å². The molecule has 0 heterocycles. The van der Waals surface area contributed by atoms with Crippen LogP contribution < -0.4 is 0 Å². The molecule has 0 aliphatic heterocycles. The summed E-state index contributed by atoms with van der Waals surface area (Å²) in [6.07, 6.45) is 7.44. The summed E-state index contributed by atoms with van der Waals surface area (Å²) in [5.74, 6) is -1.69. The molecule has 0 aliphatic carbocycles. The number of thioether (sulfide) groups is 1. The predicted octanol–water partition coefficient (Wildman–Crippen LogP) is 7.25. The molecule has 0 amide bonds. The minimum atomic E-state index is -1.40. The second-order valence-corrected chi connectivity index (χ2v) is 10.9. The lowest BCUT2D eigenvalue weighted by Gasteiger charge is -2.24. The number of hydrogen-bond acceptors (Lipinski definition) is 6. The molecule has 0 saturated heterocycles. The highest BCUT2D eigenvalue weighted by atomic mass is 32.2. The number of rotatable bonds is 16. The first-order valence-corrected chi connectivity index (χ1v) is 14.9. The molecular formula is C33H39FO5S. The molecule has 0 saturated carbocycles. The van der Waals surface area contributed by atoms with E-state index in [0.29, 0.717) is 5.56 Å². The van der Waals surface area contributed by atoms with Gasteiger partial charge in [-0.05, 0) is 60.1 Å². The Hall–Kier alpha value is -3.16. The average Bonchev–Trinajstić information content (AvgIpc) is 2.99. The molecule has 0 aliphatic rings. The van der Waals surface area contributed by atoms with Crippen LogP contribution in [0.2, 0.25) is 0 Å². The molecular weight excluding hydrogens is 527 g/mol. The second-order valence-electron chi connectivity index (χ2n) is 9.80. The monoisotopic (exact) mass is 566 g/mol. The van der Waals surface area contributed by atoms with Crippen LogP contribution in [0.4, 0.5) is 4.39 Å². The van der Waals surface area contributed by atoms with Gasteiger partial charge in [0.15, 0.2) is 6.10 Å². The first-order valence-electron chi connectivity index (χ1n) is 13.8. The third kappa shape index (κ3) is 9.49. The van der Waals surface area contributed by atoms with Crippen LogP contribution in [0.25, 0.3) is 0 Å². The lowest BCUT2D eigenvalue weighted by atomic mass is 9.96.